The molecule has 0 aliphatic heterocycles. The van der Waals surface area contributed by atoms with E-state index in [9.17, 15) is 0 Å². The zero-order valence-corrected chi connectivity index (χ0v) is 12.2. The van der Waals surface area contributed by atoms with Crippen molar-refractivity contribution in [2.24, 2.45) is 0 Å². The van der Waals surface area contributed by atoms with Crippen molar-refractivity contribution in [3.63, 3.8) is 0 Å². The smallest absolute Gasteiger partial charge is 0.180 e. The SMILES string of the molecule is CCCNc1nc(C)nc(Sc2nncs2)c1C. The van der Waals surface area contributed by atoms with E-state index in [0.29, 0.717) is 0 Å². The lowest BCUT2D eigenvalue weighted by Gasteiger charge is -2.11. The molecule has 7 heteroatoms. The average molecular weight is 281 g/mol. The Hall–Kier alpha value is -1.21. The Kier molecular flexibility index (Phi) is 4.48. The Morgan fingerprint density at radius 1 is 1.33 bits per heavy atom. The average Bonchev–Trinajstić information content (AvgIpc) is 2.84. The van der Waals surface area contributed by atoms with Crippen LogP contribution in [-0.4, -0.2) is 26.7 Å². The van der Waals surface area contributed by atoms with Gasteiger partial charge >= 0.3 is 0 Å². The zero-order chi connectivity index (χ0) is 13.0. The first-order valence-electron chi connectivity index (χ1n) is 5.73. The number of hydrogen-bond donors (Lipinski definition) is 1. The van der Waals surface area contributed by atoms with Crippen LogP contribution < -0.4 is 5.32 Å². The van der Waals surface area contributed by atoms with E-state index in [0.717, 1.165) is 39.5 Å². The van der Waals surface area contributed by atoms with Crippen LogP contribution in [0.25, 0.3) is 0 Å². The van der Waals surface area contributed by atoms with Gasteiger partial charge in [-0.3, -0.25) is 0 Å². The fraction of sp³-hybridized carbons (Fsp3) is 0.455. The molecule has 0 atom stereocenters. The van der Waals surface area contributed by atoms with Crippen molar-refractivity contribution in [1.29, 1.82) is 0 Å². The highest BCUT2D eigenvalue weighted by atomic mass is 32.2. The fourth-order valence-corrected chi connectivity index (χ4v) is 2.93. The Morgan fingerprint density at radius 3 is 2.83 bits per heavy atom. The molecule has 18 heavy (non-hydrogen) atoms. The monoisotopic (exact) mass is 281 g/mol. The molecule has 1 N–H and O–H groups in total. The third kappa shape index (κ3) is 3.17. The molecule has 0 aromatic carbocycles. The van der Waals surface area contributed by atoms with Crippen molar-refractivity contribution in [2.75, 3.05) is 11.9 Å². The van der Waals surface area contributed by atoms with Crippen molar-refractivity contribution in [2.45, 2.75) is 36.6 Å². The van der Waals surface area contributed by atoms with E-state index in [2.05, 4.69) is 32.4 Å². The van der Waals surface area contributed by atoms with Gasteiger partial charge in [0.05, 0.1) is 0 Å². The molecule has 96 valence electrons. The molecule has 0 amide bonds. The molecule has 0 spiro atoms. The lowest BCUT2D eigenvalue weighted by Crippen LogP contribution is -2.07. The van der Waals surface area contributed by atoms with Crippen molar-refractivity contribution in [3.8, 4) is 0 Å². The predicted molar refractivity (Wildman–Crippen MR) is 74.3 cm³/mol. The summed E-state index contributed by atoms with van der Waals surface area (Å²) in [5, 5.41) is 12.1. The highest BCUT2D eigenvalue weighted by molar-refractivity contribution is 8.01. The maximum atomic E-state index is 4.47. The van der Waals surface area contributed by atoms with Gasteiger partial charge in [-0.1, -0.05) is 18.3 Å². The van der Waals surface area contributed by atoms with Crippen molar-refractivity contribution in [3.05, 3.63) is 16.9 Å². The number of aryl methyl sites for hydroxylation is 1. The summed E-state index contributed by atoms with van der Waals surface area (Å²) < 4.78 is 0.901. The predicted octanol–water partition coefficient (Wildman–Crippen LogP) is 2.92. The molecule has 0 fully saturated rings. The first-order chi connectivity index (χ1) is 8.70. The van der Waals surface area contributed by atoms with Crippen LogP contribution in [0.3, 0.4) is 0 Å². The number of aromatic nitrogens is 4. The van der Waals surface area contributed by atoms with Gasteiger partial charge in [-0.05, 0) is 32.0 Å². The largest absolute Gasteiger partial charge is 0.370 e. The first-order valence-corrected chi connectivity index (χ1v) is 7.43. The van der Waals surface area contributed by atoms with Crippen molar-refractivity contribution >= 4 is 28.9 Å². The molecule has 0 aliphatic carbocycles. The second-order valence-corrected chi connectivity index (χ2v) is 5.85. The van der Waals surface area contributed by atoms with Crippen molar-refractivity contribution < 1.29 is 0 Å². The maximum Gasteiger partial charge on any atom is 0.180 e. The number of nitrogens with one attached hydrogen (secondary N) is 1. The second kappa shape index (κ2) is 6.10. The Labute approximate surface area is 114 Å². The molecule has 2 aromatic heterocycles. The van der Waals surface area contributed by atoms with Gasteiger partial charge in [-0.25, -0.2) is 9.97 Å². The molecule has 2 rings (SSSR count). The van der Waals surface area contributed by atoms with Gasteiger partial charge in [0.15, 0.2) is 4.34 Å². The van der Waals surface area contributed by atoms with E-state index in [1.54, 1.807) is 5.51 Å². The Balaban J connectivity index is 2.26. The summed E-state index contributed by atoms with van der Waals surface area (Å²) in [5.74, 6) is 1.68. The number of nitrogens with zero attached hydrogens (tertiary/aromatic N) is 4. The van der Waals surface area contributed by atoms with Crippen LogP contribution in [0.1, 0.15) is 24.7 Å². The molecule has 2 aromatic rings. The van der Waals surface area contributed by atoms with Crippen LogP contribution in [-0.2, 0) is 0 Å². The molecular weight excluding hydrogens is 266 g/mol. The van der Waals surface area contributed by atoms with Crippen LogP contribution in [0.15, 0.2) is 14.9 Å². The number of rotatable bonds is 5. The summed E-state index contributed by atoms with van der Waals surface area (Å²) in [6.07, 6.45) is 1.07. The Morgan fingerprint density at radius 2 is 2.17 bits per heavy atom. The molecule has 0 radical (unpaired) electrons. The van der Waals surface area contributed by atoms with Gasteiger partial charge in [0, 0.05) is 12.1 Å². The minimum atomic E-state index is 0.770. The first kappa shape index (κ1) is 13.2. The van der Waals surface area contributed by atoms with Gasteiger partial charge in [-0.2, -0.15) is 0 Å². The minimum absolute atomic E-state index is 0.770. The van der Waals surface area contributed by atoms with Gasteiger partial charge < -0.3 is 5.32 Å². The van der Waals surface area contributed by atoms with Crippen LogP contribution in [0.4, 0.5) is 5.82 Å². The number of anilines is 1. The molecule has 0 bridgehead atoms. The van der Waals surface area contributed by atoms with Gasteiger partial charge in [0.1, 0.15) is 22.2 Å². The molecule has 0 unspecified atom stereocenters. The van der Waals surface area contributed by atoms with Crippen molar-refractivity contribution in [1.82, 2.24) is 20.2 Å². The summed E-state index contributed by atoms with van der Waals surface area (Å²) in [7, 11) is 0. The van der Waals surface area contributed by atoms with Crippen LogP contribution in [0.5, 0.6) is 0 Å². The Bertz CT molecular complexity index is 512. The molecule has 0 aliphatic rings. The summed E-state index contributed by atoms with van der Waals surface area (Å²) >= 11 is 3.05. The topological polar surface area (TPSA) is 63.6 Å². The molecule has 0 saturated carbocycles. The van der Waals surface area contributed by atoms with Crippen LogP contribution in [0.2, 0.25) is 0 Å². The van der Waals surface area contributed by atoms with Crippen LogP contribution >= 0.6 is 23.1 Å². The van der Waals surface area contributed by atoms with Gasteiger partial charge in [0.2, 0.25) is 0 Å². The van der Waals surface area contributed by atoms with Crippen LogP contribution in [0, 0.1) is 13.8 Å². The van der Waals surface area contributed by atoms with E-state index in [1.807, 2.05) is 13.8 Å². The molecule has 5 nitrogen and oxygen atoms in total. The second-order valence-electron chi connectivity index (χ2n) is 3.78. The summed E-state index contributed by atoms with van der Waals surface area (Å²) in [5.41, 5.74) is 2.79. The van der Waals surface area contributed by atoms with E-state index in [-0.39, 0.29) is 0 Å². The van der Waals surface area contributed by atoms with Gasteiger partial charge in [0.25, 0.3) is 0 Å². The quantitative estimate of drug-likeness (QED) is 0.850. The highest BCUT2D eigenvalue weighted by Crippen LogP contribution is 2.31. The van der Waals surface area contributed by atoms with E-state index in [4.69, 9.17) is 0 Å². The maximum absolute atomic E-state index is 4.47. The molecule has 0 saturated heterocycles. The third-order valence-electron chi connectivity index (χ3n) is 2.28. The third-order valence-corrected chi connectivity index (χ3v) is 4.15. The van der Waals surface area contributed by atoms with E-state index < -0.39 is 0 Å². The zero-order valence-electron chi connectivity index (χ0n) is 10.6. The standard InChI is InChI=1S/C11H15N5S2/c1-4-5-12-9-7(2)10(15-8(3)14-9)18-11-16-13-6-17-11/h6H,4-5H2,1-3H3,(H,12,14,15). The molecular formula is C11H15N5S2. The summed E-state index contributed by atoms with van der Waals surface area (Å²) in [6.45, 7) is 6.98. The fourth-order valence-electron chi connectivity index (χ4n) is 1.41. The highest BCUT2D eigenvalue weighted by Gasteiger charge is 2.11. The van der Waals surface area contributed by atoms with E-state index in [1.165, 1.54) is 23.1 Å². The summed E-state index contributed by atoms with van der Waals surface area (Å²) in [4.78, 5) is 8.90. The lowest BCUT2D eigenvalue weighted by molar-refractivity contribution is 0.906. The van der Waals surface area contributed by atoms with Gasteiger partial charge in [-0.15, -0.1) is 10.2 Å². The number of hydrogen-bond acceptors (Lipinski definition) is 7. The van der Waals surface area contributed by atoms with E-state index >= 15 is 0 Å². The molecule has 2 heterocycles. The minimum Gasteiger partial charge on any atom is -0.370 e. The normalized spacial score (nSPS) is 10.6. The lowest BCUT2D eigenvalue weighted by atomic mass is 10.3. The summed E-state index contributed by atoms with van der Waals surface area (Å²) in [6, 6.07) is 0.